The Morgan fingerprint density at radius 1 is 1.31 bits per heavy atom. The summed E-state index contributed by atoms with van der Waals surface area (Å²) in [5.74, 6) is 1.14. The number of benzene rings is 1. The van der Waals surface area contributed by atoms with Gasteiger partial charge in [-0.25, -0.2) is 0 Å². The van der Waals surface area contributed by atoms with E-state index in [2.05, 4.69) is 44.1 Å². The predicted octanol–water partition coefficient (Wildman–Crippen LogP) is 3.81. The number of phenolic OH excluding ortho intramolecular Hbond substituents is 1. The maximum atomic E-state index is 9.59. The van der Waals surface area contributed by atoms with Crippen LogP contribution in [-0.4, -0.2) is 11.1 Å². The van der Waals surface area contributed by atoms with Gasteiger partial charge in [0.15, 0.2) is 0 Å². The van der Waals surface area contributed by atoms with Crippen LogP contribution in [0.15, 0.2) is 21.1 Å². The lowest BCUT2D eigenvalue weighted by molar-refractivity contribution is 0.240. The third kappa shape index (κ3) is 2.79. The molecule has 4 heteroatoms. The molecule has 0 amide bonds. The molecule has 2 rings (SSSR count). The Hall–Kier alpha value is -0.0600. The molecule has 0 radical (unpaired) electrons. The van der Waals surface area contributed by atoms with Gasteiger partial charge in [-0.15, -0.1) is 0 Å². The van der Waals surface area contributed by atoms with Crippen LogP contribution in [0.2, 0.25) is 0 Å². The van der Waals surface area contributed by atoms with Crippen molar-refractivity contribution in [2.24, 2.45) is 5.92 Å². The molecule has 1 fully saturated rings. The minimum Gasteiger partial charge on any atom is -0.506 e. The number of halogens is 2. The molecule has 2 N–H and O–H groups in total. The summed E-state index contributed by atoms with van der Waals surface area (Å²) >= 11 is 6.67. The fraction of sp³-hybridized carbons (Fsp3) is 0.500. The van der Waals surface area contributed by atoms with Crippen LogP contribution < -0.4 is 5.32 Å². The highest BCUT2D eigenvalue weighted by Crippen LogP contribution is 2.33. The highest BCUT2D eigenvalue weighted by atomic mass is 79.9. The van der Waals surface area contributed by atoms with E-state index in [-0.39, 0.29) is 5.75 Å². The Morgan fingerprint density at radius 3 is 2.38 bits per heavy atom. The largest absolute Gasteiger partial charge is 0.506 e. The van der Waals surface area contributed by atoms with Crippen LogP contribution in [0.25, 0.3) is 0 Å². The zero-order valence-electron chi connectivity index (χ0n) is 9.13. The second kappa shape index (κ2) is 5.07. The molecule has 1 aromatic carbocycles. The van der Waals surface area contributed by atoms with E-state index in [0.717, 1.165) is 21.4 Å². The Balaban J connectivity index is 1.94. The van der Waals surface area contributed by atoms with E-state index in [1.165, 1.54) is 18.4 Å². The van der Waals surface area contributed by atoms with Gasteiger partial charge in [-0.05, 0) is 68.3 Å². The van der Waals surface area contributed by atoms with Crippen LogP contribution in [0.3, 0.4) is 0 Å². The van der Waals surface area contributed by atoms with Gasteiger partial charge in [0, 0.05) is 12.6 Å². The summed E-state index contributed by atoms with van der Waals surface area (Å²) in [5.41, 5.74) is 1.18. The first kappa shape index (κ1) is 12.4. The normalized spacial score (nSPS) is 24.2. The monoisotopic (exact) mass is 347 g/mol. The van der Waals surface area contributed by atoms with E-state index >= 15 is 0 Å². The molecule has 0 aliphatic heterocycles. The number of phenols is 1. The van der Waals surface area contributed by atoms with Gasteiger partial charge in [0.2, 0.25) is 0 Å². The van der Waals surface area contributed by atoms with Crippen molar-refractivity contribution in [3.8, 4) is 5.75 Å². The molecule has 0 unspecified atom stereocenters. The maximum Gasteiger partial charge on any atom is 0.143 e. The van der Waals surface area contributed by atoms with Gasteiger partial charge in [0.1, 0.15) is 5.75 Å². The SMILES string of the molecule is CC1CC(NCc2cc(Br)c(O)c(Br)c2)C1. The first-order valence-electron chi connectivity index (χ1n) is 5.46. The van der Waals surface area contributed by atoms with Crippen LogP contribution >= 0.6 is 31.9 Å². The summed E-state index contributed by atoms with van der Waals surface area (Å²) in [4.78, 5) is 0. The minimum absolute atomic E-state index is 0.265. The Morgan fingerprint density at radius 2 is 1.88 bits per heavy atom. The van der Waals surface area contributed by atoms with Crippen molar-refractivity contribution in [3.63, 3.8) is 0 Å². The number of hydrogen-bond donors (Lipinski definition) is 2. The fourth-order valence-corrected chi connectivity index (χ4v) is 3.33. The van der Waals surface area contributed by atoms with E-state index in [0.29, 0.717) is 6.04 Å². The van der Waals surface area contributed by atoms with Crippen LogP contribution in [0, 0.1) is 5.92 Å². The van der Waals surface area contributed by atoms with Crippen molar-refractivity contribution >= 4 is 31.9 Å². The highest BCUT2D eigenvalue weighted by molar-refractivity contribution is 9.11. The molecular formula is C12H15Br2NO. The van der Waals surface area contributed by atoms with E-state index in [1.54, 1.807) is 0 Å². The predicted molar refractivity (Wildman–Crippen MR) is 72.5 cm³/mol. The number of hydrogen-bond acceptors (Lipinski definition) is 2. The molecule has 1 saturated carbocycles. The van der Waals surface area contributed by atoms with E-state index in [1.807, 2.05) is 12.1 Å². The Kier molecular flexibility index (Phi) is 3.93. The molecule has 0 spiro atoms. The second-order valence-corrected chi connectivity index (χ2v) is 6.27. The average molecular weight is 349 g/mol. The third-order valence-electron chi connectivity index (χ3n) is 3.05. The van der Waals surface area contributed by atoms with Gasteiger partial charge >= 0.3 is 0 Å². The molecule has 0 aromatic heterocycles. The van der Waals surface area contributed by atoms with Crippen molar-refractivity contribution in [2.75, 3.05) is 0 Å². The lowest BCUT2D eigenvalue weighted by atomic mass is 9.82. The second-order valence-electron chi connectivity index (χ2n) is 4.56. The lowest BCUT2D eigenvalue weighted by Crippen LogP contribution is -2.39. The summed E-state index contributed by atoms with van der Waals surface area (Å²) in [6.45, 7) is 3.14. The van der Waals surface area contributed by atoms with E-state index in [9.17, 15) is 5.11 Å². The highest BCUT2D eigenvalue weighted by Gasteiger charge is 2.24. The summed E-state index contributed by atoms with van der Waals surface area (Å²) < 4.78 is 1.47. The van der Waals surface area contributed by atoms with Gasteiger partial charge in [-0.3, -0.25) is 0 Å². The maximum absolute atomic E-state index is 9.59. The zero-order chi connectivity index (χ0) is 11.7. The molecule has 1 aliphatic carbocycles. The van der Waals surface area contributed by atoms with Gasteiger partial charge in [-0.1, -0.05) is 6.92 Å². The smallest absolute Gasteiger partial charge is 0.143 e. The summed E-state index contributed by atoms with van der Waals surface area (Å²) in [7, 11) is 0. The fourth-order valence-electron chi connectivity index (χ4n) is 2.05. The van der Waals surface area contributed by atoms with Crippen LogP contribution in [0.4, 0.5) is 0 Å². The molecular weight excluding hydrogens is 334 g/mol. The van der Waals surface area contributed by atoms with Gasteiger partial charge in [0.25, 0.3) is 0 Å². The topological polar surface area (TPSA) is 32.3 Å². The van der Waals surface area contributed by atoms with Crippen molar-refractivity contribution in [2.45, 2.75) is 32.4 Å². The Bertz CT molecular complexity index is 366. The average Bonchev–Trinajstić information content (AvgIpc) is 2.19. The van der Waals surface area contributed by atoms with E-state index < -0.39 is 0 Å². The molecule has 16 heavy (non-hydrogen) atoms. The summed E-state index contributed by atoms with van der Waals surface area (Å²) in [5, 5.41) is 13.1. The molecule has 1 aliphatic rings. The first-order valence-corrected chi connectivity index (χ1v) is 7.05. The quantitative estimate of drug-likeness (QED) is 0.870. The van der Waals surface area contributed by atoms with Crippen LogP contribution in [0.1, 0.15) is 25.3 Å². The third-order valence-corrected chi connectivity index (χ3v) is 4.25. The molecule has 0 saturated heterocycles. The van der Waals surface area contributed by atoms with Crippen molar-refractivity contribution < 1.29 is 5.11 Å². The standard InChI is InChI=1S/C12H15Br2NO/c1-7-2-9(3-7)15-6-8-4-10(13)12(16)11(14)5-8/h4-5,7,9,15-16H,2-3,6H2,1H3. The van der Waals surface area contributed by atoms with Crippen molar-refractivity contribution in [1.29, 1.82) is 0 Å². The summed E-state index contributed by atoms with van der Waals surface area (Å²) in [6, 6.07) is 4.58. The lowest BCUT2D eigenvalue weighted by Gasteiger charge is -2.33. The first-order chi connectivity index (χ1) is 7.56. The zero-order valence-corrected chi connectivity index (χ0v) is 12.3. The van der Waals surface area contributed by atoms with Gasteiger partial charge in [0.05, 0.1) is 8.95 Å². The molecule has 0 heterocycles. The van der Waals surface area contributed by atoms with Crippen LogP contribution in [-0.2, 0) is 6.54 Å². The van der Waals surface area contributed by atoms with Gasteiger partial charge < -0.3 is 10.4 Å². The Labute approximate surface area is 113 Å². The van der Waals surface area contributed by atoms with E-state index in [4.69, 9.17) is 0 Å². The van der Waals surface area contributed by atoms with Crippen molar-refractivity contribution in [1.82, 2.24) is 5.32 Å². The van der Waals surface area contributed by atoms with Gasteiger partial charge in [-0.2, -0.15) is 0 Å². The molecule has 88 valence electrons. The minimum atomic E-state index is 0.265. The molecule has 0 atom stereocenters. The number of rotatable bonds is 3. The molecule has 2 nitrogen and oxygen atoms in total. The van der Waals surface area contributed by atoms with Crippen molar-refractivity contribution in [3.05, 3.63) is 26.6 Å². The number of aromatic hydroxyl groups is 1. The number of nitrogens with one attached hydrogen (secondary N) is 1. The molecule has 1 aromatic rings. The molecule has 0 bridgehead atoms. The van der Waals surface area contributed by atoms with Crippen LogP contribution in [0.5, 0.6) is 5.75 Å². The summed E-state index contributed by atoms with van der Waals surface area (Å²) in [6.07, 6.45) is 2.56.